The van der Waals surface area contributed by atoms with Crippen LogP contribution in [0.1, 0.15) is 66.4 Å². The number of benzene rings is 1. The van der Waals surface area contributed by atoms with Crippen LogP contribution in [-0.4, -0.2) is 51.3 Å². The van der Waals surface area contributed by atoms with Crippen molar-refractivity contribution in [2.45, 2.75) is 84.0 Å². The summed E-state index contributed by atoms with van der Waals surface area (Å²) in [6, 6.07) is 9.44. The maximum atomic E-state index is 13.1. The number of carbonyl (C=O) groups excluding carboxylic acids is 3. The number of esters is 2. The number of carbonyl (C=O) groups is 3. The van der Waals surface area contributed by atoms with E-state index < -0.39 is 40.4 Å². The van der Waals surface area contributed by atoms with Gasteiger partial charge in [0.15, 0.2) is 5.78 Å². The number of fused-ring (bicyclic) bond motifs is 1. The lowest BCUT2D eigenvalue weighted by Gasteiger charge is -2.44. The van der Waals surface area contributed by atoms with Crippen molar-refractivity contribution in [3.05, 3.63) is 59.2 Å². The van der Waals surface area contributed by atoms with Gasteiger partial charge in [-0.25, -0.2) is 0 Å². The highest BCUT2D eigenvalue weighted by molar-refractivity contribution is 6.04. The maximum Gasteiger partial charge on any atom is 0.310 e. The van der Waals surface area contributed by atoms with Crippen LogP contribution in [0.3, 0.4) is 0 Å². The van der Waals surface area contributed by atoms with Gasteiger partial charge in [0.1, 0.15) is 17.8 Å². The predicted molar refractivity (Wildman–Crippen MR) is 142 cm³/mol. The smallest absolute Gasteiger partial charge is 0.310 e. The molecule has 0 bridgehead atoms. The van der Waals surface area contributed by atoms with Crippen molar-refractivity contribution < 1.29 is 34.1 Å². The van der Waals surface area contributed by atoms with Gasteiger partial charge in [-0.2, -0.15) is 0 Å². The Morgan fingerprint density at radius 3 is 2.37 bits per heavy atom. The standard InChI is InChI=1S/C31H40O7/c1-19-14-25-29(35,13-12-24(18-37-22(4)32)17-30(25,36)27(19)34)20(2)16-31(21(3)28(31,5)6)38-26(33)15-23-10-8-7-9-11-23/h7-12,14,20-21,25,35-36H,13,15-18H2,1-6H3/t20-,21-,25+,29+,30-,31+/m1/s1. The summed E-state index contributed by atoms with van der Waals surface area (Å²) in [5, 5.41) is 24.0. The van der Waals surface area contributed by atoms with E-state index >= 15 is 0 Å². The van der Waals surface area contributed by atoms with Crippen LogP contribution in [-0.2, 0) is 30.3 Å². The van der Waals surface area contributed by atoms with E-state index in [1.54, 1.807) is 19.1 Å². The van der Waals surface area contributed by atoms with E-state index in [2.05, 4.69) is 20.8 Å². The van der Waals surface area contributed by atoms with Gasteiger partial charge < -0.3 is 19.7 Å². The van der Waals surface area contributed by atoms with E-state index in [1.165, 1.54) is 6.92 Å². The first kappa shape index (κ1) is 28.2. The summed E-state index contributed by atoms with van der Waals surface area (Å²) in [6.45, 7) is 11.0. The third kappa shape index (κ3) is 4.64. The van der Waals surface area contributed by atoms with Crippen molar-refractivity contribution in [1.29, 1.82) is 0 Å². The molecule has 0 unspecified atom stereocenters. The molecule has 7 nitrogen and oxygen atoms in total. The van der Waals surface area contributed by atoms with Crippen LogP contribution in [0.15, 0.2) is 53.6 Å². The quantitative estimate of drug-likeness (QED) is 0.389. The summed E-state index contributed by atoms with van der Waals surface area (Å²) in [5.41, 5.74) is -2.55. The van der Waals surface area contributed by atoms with E-state index in [4.69, 9.17) is 9.47 Å². The molecule has 4 rings (SSSR count). The summed E-state index contributed by atoms with van der Waals surface area (Å²) >= 11 is 0. The Hall–Kier alpha value is -2.77. The molecule has 2 N–H and O–H groups in total. The second-order valence-corrected chi connectivity index (χ2v) is 12.2. The van der Waals surface area contributed by atoms with Gasteiger partial charge in [0.05, 0.1) is 12.0 Å². The topological polar surface area (TPSA) is 110 Å². The highest BCUT2D eigenvalue weighted by Crippen LogP contribution is 2.67. The zero-order chi connectivity index (χ0) is 28.1. The highest BCUT2D eigenvalue weighted by atomic mass is 16.6. The molecule has 0 amide bonds. The van der Waals surface area contributed by atoms with Gasteiger partial charge in [0, 0.05) is 30.6 Å². The number of aliphatic hydroxyl groups is 2. The minimum atomic E-state index is -1.84. The zero-order valence-corrected chi connectivity index (χ0v) is 23.2. The Morgan fingerprint density at radius 1 is 1.16 bits per heavy atom. The number of Topliss-reactive ketones (excluding diaryl/α,β-unsaturated/α-hetero) is 1. The van der Waals surface area contributed by atoms with Crippen LogP contribution in [0.4, 0.5) is 0 Å². The first-order valence-electron chi connectivity index (χ1n) is 13.4. The Bertz CT molecular complexity index is 1180. The second kappa shape index (κ2) is 9.76. The third-order valence-corrected chi connectivity index (χ3v) is 9.64. The molecule has 0 spiro atoms. The van der Waals surface area contributed by atoms with E-state index in [0.29, 0.717) is 17.6 Å². The molecular formula is C31H40O7. The van der Waals surface area contributed by atoms with Crippen molar-refractivity contribution in [3.63, 3.8) is 0 Å². The second-order valence-electron chi connectivity index (χ2n) is 12.2. The third-order valence-electron chi connectivity index (χ3n) is 9.64. The van der Waals surface area contributed by atoms with E-state index in [9.17, 15) is 24.6 Å². The predicted octanol–water partition coefficient (Wildman–Crippen LogP) is 4.10. The summed E-state index contributed by atoms with van der Waals surface area (Å²) < 4.78 is 11.4. The van der Waals surface area contributed by atoms with E-state index in [-0.39, 0.29) is 43.2 Å². The lowest BCUT2D eigenvalue weighted by atomic mass is 9.67. The Balaban J connectivity index is 1.62. The monoisotopic (exact) mass is 524 g/mol. The molecule has 38 heavy (non-hydrogen) atoms. The fourth-order valence-corrected chi connectivity index (χ4v) is 6.77. The summed E-state index contributed by atoms with van der Waals surface area (Å²) in [7, 11) is 0. The number of ketones is 1. The van der Waals surface area contributed by atoms with Gasteiger partial charge in [0.25, 0.3) is 0 Å². The van der Waals surface area contributed by atoms with Crippen LogP contribution in [0.2, 0.25) is 0 Å². The van der Waals surface area contributed by atoms with Gasteiger partial charge in [0.2, 0.25) is 0 Å². The van der Waals surface area contributed by atoms with Crippen molar-refractivity contribution in [3.8, 4) is 0 Å². The molecule has 0 radical (unpaired) electrons. The molecule has 1 saturated carbocycles. The molecule has 1 fully saturated rings. The lowest BCUT2D eigenvalue weighted by Crippen LogP contribution is -2.55. The minimum Gasteiger partial charge on any atom is -0.461 e. The molecule has 3 aliphatic carbocycles. The van der Waals surface area contributed by atoms with Gasteiger partial charge >= 0.3 is 11.9 Å². The van der Waals surface area contributed by atoms with Crippen LogP contribution in [0.5, 0.6) is 0 Å². The van der Waals surface area contributed by atoms with E-state index in [0.717, 1.165) is 5.56 Å². The molecule has 0 aromatic heterocycles. The van der Waals surface area contributed by atoms with Crippen LogP contribution >= 0.6 is 0 Å². The average molecular weight is 525 g/mol. The Labute approximate surface area is 224 Å². The molecule has 206 valence electrons. The normalized spacial score (nSPS) is 34.4. The number of hydrogen-bond acceptors (Lipinski definition) is 7. The first-order chi connectivity index (χ1) is 17.7. The first-order valence-corrected chi connectivity index (χ1v) is 13.4. The number of ether oxygens (including phenoxy) is 2. The van der Waals surface area contributed by atoms with Gasteiger partial charge in [-0.1, -0.05) is 70.2 Å². The summed E-state index contributed by atoms with van der Waals surface area (Å²) in [6.07, 6.45) is 4.13. The fraction of sp³-hybridized carbons (Fsp3) is 0.581. The maximum absolute atomic E-state index is 13.1. The molecule has 0 heterocycles. The van der Waals surface area contributed by atoms with E-state index in [1.807, 2.05) is 37.3 Å². The number of hydrogen-bond donors (Lipinski definition) is 2. The highest BCUT2D eigenvalue weighted by Gasteiger charge is 2.73. The van der Waals surface area contributed by atoms with Crippen molar-refractivity contribution >= 4 is 17.7 Å². The summed E-state index contributed by atoms with van der Waals surface area (Å²) in [4.78, 5) is 37.6. The van der Waals surface area contributed by atoms with Gasteiger partial charge in [-0.15, -0.1) is 0 Å². The molecule has 1 aromatic carbocycles. The molecule has 3 aliphatic rings. The van der Waals surface area contributed by atoms with Crippen LogP contribution < -0.4 is 0 Å². The average Bonchev–Trinajstić information content (AvgIpc) is 3.18. The van der Waals surface area contributed by atoms with Gasteiger partial charge in [-0.05, 0) is 42.4 Å². The molecule has 1 aromatic rings. The SMILES string of the molecule is CC(=O)OCC1=CC[C@](O)([C@H](C)C[C@]2(OC(=O)Cc3ccccc3)[C@H](C)C2(C)C)[C@@H]2C=C(C)C(=O)[C@@]2(O)C1. The Kier molecular flexibility index (Phi) is 7.25. The van der Waals surface area contributed by atoms with Crippen molar-refractivity contribution in [2.24, 2.45) is 23.2 Å². The fourth-order valence-electron chi connectivity index (χ4n) is 6.77. The largest absolute Gasteiger partial charge is 0.461 e. The molecule has 0 saturated heterocycles. The summed E-state index contributed by atoms with van der Waals surface area (Å²) in [5.74, 6) is -2.43. The van der Waals surface area contributed by atoms with Gasteiger partial charge in [-0.3, -0.25) is 14.4 Å². The molecular weight excluding hydrogens is 484 g/mol. The molecule has 0 aliphatic heterocycles. The molecule has 7 heteroatoms. The van der Waals surface area contributed by atoms with Crippen molar-refractivity contribution in [2.75, 3.05) is 6.61 Å². The van der Waals surface area contributed by atoms with Crippen LogP contribution in [0, 0.1) is 23.2 Å². The molecule has 6 atom stereocenters. The van der Waals surface area contributed by atoms with Crippen molar-refractivity contribution in [1.82, 2.24) is 0 Å². The Morgan fingerprint density at radius 2 is 1.79 bits per heavy atom. The number of rotatable bonds is 8. The zero-order valence-electron chi connectivity index (χ0n) is 23.2. The minimum absolute atomic E-state index is 0.0221. The lowest BCUT2D eigenvalue weighted by molar-refractivity contribution is -0.163. The van der Waals surface area contributed by atoms with Crippen LogP contribution in [0.25, 0.3) is 0 Å².